The highest BCUT2D eigenvalue weighted by molar-refractivity contribution is 14.0. The highest BCUT2D eigenvalue weighted by atomic mass is 127. The molecule has 0 saturated heterocycles. The highest BCUT2D eigenvalue weighted by Crippen LogP contribution is 2.22. The summed E-state index contributed by atoms with van der Waals surface area (Å²) >= 11 is 0. The fourth-order valence-corrected chi connectivity index (χ4v) is 2.92. The maximum absolute atomic E-state index is 13.8. The zero-order chi connectivity index (χ0) is 17.8. The van der Waals surface area contributed by atoms with Gasteiger partial charge < -0.3 is 10.6 Å². The summed E-state index contributed by atoms with van der Waals surface area (Å²) in [5.41, 5.74) is 0.222. The largest absolute Gasteiger partial charge is 0.357 e. The van der Waals surface area contributed by atoms with Crippen molar-refractivity contribution in [2.24, 2.45) is 4.99 Å². The molecule has 6 nitrogen and oxygen atoms in total. The predicted molar refractivity (Wildman–Crippen MR) is 106 cm³/mol. The van der Waals surface area contributed by atoms with E-state index in [-0.39, 0.29) is 42.1 Å². The summed E-state index contributed by atoms with van der Waals surface area (Å²) in [4.78, 5) is 8.88. The molecule has 1 aromatic carbocycles. The minimum absolute atomic E-state index is 0. The first-order valence-electron chi connectivity index (χ1n) is 8.47. The van der Waals surface area contributed by atoms with Crippen molar-refractivity contribution in [1.29, 1.82) is 0 Å². The first-order chi connectivity index (χ1) is 12.1. The van der Waals surface area contributed by atoms with Gasteiger partial charge in [0.05, 0.1) is 12.6 Å². The Bertz CT molecular complexity index is 777. The zero-order valence-corrected chi connectivity index (χ0v) is 17.1. The topological polar surface area (TPSA) is 67.1 Å². The summed E-state index contributed by atoms with van der Waals surface area (Å²) in [6, 6.07) is 3.38. The van der Waals surface area contributed by atoms with Gasteiger partial charge >= 0.3 is 0 Å². The van der Waals surface area contributed by atoms with Gasteiger partial charge in [0.25, 0.3) is 0 Å². The number of rotatable bonds is 4. The summed E-state index contributed by atoms with van der Waals surface area (Å²) in [7, 11) is 0. The van der Waals surface area contributed by atoms with E-state index < -0.39 is 11.6 Å². The van der Waals surface area contributed by atoms with Crippen LogP contribution in [0.3, 0.4) is 0 Å². The number of aryl methyl sites for hydroxylation is 2. The van der Waals surface area contributed by atoms with E-state index in [2.05, 4.69) is 25.7 Å². The number of aromatic nitrogens is 3. The van der Waals surface area contributed by atoms with Crippen LogP contribution in [-0.4, -0.2) is 27.3 Å². The van der Waals surface area contributed by atoms with Crippen molar-refractivity contribution in [3.05, 3.63) is 47.0 Å². The summed E-state index contributed by atoms with van der Waals surface area (Å²) in [5.74, 6) is 1.23. The molecule has 1 atom stereocenters. The molecule has 2 aromatic rings. The van der Waals surface area contributed by atoms with Gasteiger partial charge in [0.1, 0.15) is 23.3 Å². The number of hydrogen-bond donors (Lipinski definition) is 2. The second-order valence-corrected chi connectivity index (χ2v) is 6.01. The second kappa shape index (κ2) is 9.24. The lowest BCUT2D eigenvalue weighted by Crippen LogP contribution is -2.41. The number of benzene rings is 1. The van der Waals surface area contributed by atoms with E-state index in [1.54, 1.807) is 0 Å². The van der Waals surface area contributed by atoms with Crippen LogP contribution in [0.15, 0.2) is 23.2 Å². The Morgan fingerprint density at radius 3 is 2.96 bits per heavy atom. The third-order valence-corrected chi connectivity index (χ3v) is 4.05. The number of nitrogens with one attached hydrogen (secondary N) is 2. The van der Waals surface area contributed by atoms with Crippen LogP contribution < -0.4 is 10.6 Å². The zero-order valence-electron chi connectivity index (χ0n) is 14.8. The average molecular weight is 476 g/mol. The third kappa shape index (κ3) is 4.89. The lowest BCUT2D eigenvalue weighted by Gasteiger charge is -2.25. The summed E-state index contributed by atoms with van der Waals surface area (Å²) in [5, 5.41) is 10.9. The lowest BCUT2D eigenvalue weighted by molar-refractivity contribution is 0.397. The molecule has 1 aromatic heterocycles. The van der Waals surface area contributed by atoms with Gasteiger partial charge in [-0.25, -0.2) is 23.4 Å². The van der Waals surface area contributed by atoms with E-state index in [4.69, 9.17) is 0 Å². The van der Waals surface area contributed by atoms with Crippen LogP contribution in [0, 0.1) is 18.6 Å². The monoisotopic (exact) mass is 476 g/mol. The van der Waals surface area contributed by atoms with Crippen LogP contribution in [0.2, 0.25) is 0 Å². The fraction of sp³-hybridized carbons (Fsp3) is 0.471. The first kappa shape index (κ1) is 20.5. The molecule has 1 unspecified atom stereocenters. The minimum atomic E-state index is -0.472. The number of aliphatic imine (C=N–C) groups is 1. The molecule has 3 rings (SSSR count). The molecule has 26 heavy (non-hydrogen) atoms. The van der Waals surface area contributed by atoms with Gasteiger partial charge in [0.2, 0.25) is 0 Å². The van der Waals surface area contributed by atoms with Crippen LogP contribution in [0.1, 0.15) is 43.0 Å². The predicted octanol–water partition coefficient (Wildman–Crippen LogP) is 3.07. The Hall–Kier alpha value is -1.78. The van der Waals surface area contributed by atoms with E-state index >= 15 is 0 Å². The standard InChI is InChI=1S/C17H22F2N6.HI/c1-3-20-17(21-10-12-9-13(18)6-7-14(12)19)23-15-5-4-8-25-16(15)22-11(2)24-25;/h6-7,9,15H,3-5,8,10H2,1-2H3,(H2,20,21,23);1H. The maximum Gasteiger partial charge on any atom is 0.192 e. The Labute approximate surface area is 168 Å². The van der Waals surface area contributed by atoms with Crippen molar-refractivity contribution in [3.8, 4) is 0 Å². The number of guanidine groups is 1. The lowest BCUT2D eigenvalue weighted by atomic mass is 10.1. The molecule has 0 aliphatic carbocycles. The van der Waals surface area contributed by atoms with Crippen molar-refractivity contribution >= 4 is 29.9 Å². The Morgan fingerprint density at radius 1 is 1.38 bits per heavy atom. The van der Waals surface area contributed by atoms with Gasteiger partial charge in [-0.2, -0.15) is 5.10 Å². The molecular formula is C17H23F2IN6. The molecular weight excluding hydrogens is 453 g/mol. The number of nitrogens with zero attached hydrogens (tertiary/aromatic N) is 4. The molecule has 0 saturated carbocycles. The van der Waals surface area contributed by atoms with E-state index in [1.807, 2.05) is 18.5 Å². The third-order valence-electron chi connectivity index (χ3n) is 4.05. The van der Waals surface area contributed by atoms with Crippen molar-refractivity contribution in [2.45, 2.75) is 45.8 Å². The van der Waals surface area contributed by atoms with Crippen LogP contribution in [0.5, 0.6) is 0 Å². The van der Waals surface area contributed by atoms with Gasteiger partial charge in [-0.05, 0) is 44.9 Å². The van der Waals surface area contributed by atoms with Crippen molar-refractivity contribution in [3.63, 3.8) is 0 Å². The van der Waals surface area contributed by atoms with E-state index in [0.717, 1.165) is 43.2 Å². The van der Waals surface area contributed by atoms with Gasteiger partial charge in [-0.15, -0.1) is 24.0 Å². The van der Waals surface area contributed by atoms with E-state index in [0.29, 0.717) is 12.5 Å². The summed E-state index contributed by atoms with van der Waals surface area (Å²) in [6.07, 6.45) is 1.91. The number of halogens is 3. The Balaban J connectivity index is 0.00000243. The molecule has 0 amide bonds. The Kier molecular flexibility index (Phi) is 7.30. The van der Waals surface area contributed by atoms with Crippen molar-refractivity contribution in [1.82, 2.24) is 25.4 Å². The molecule has 2 N–H and O–H groups in total. The van der Waals surface area contributed by atoms with Gasteiger partial charge in [-0.3, -0.25) is 0 Å². The fourth-order valence-electron chi connectivity index (χ4n) is 2.92. The van der Waals surface area contributed by atoms with Gasteiger partial charge in [-0.1, -0.05) is 0 Å². The smallest absolute Gasteiger partial charge is 0.192 e. The minimum Gasteiger partial charge on any atom is -0.357 e. The van der Waals surface area contributed by atoms with Crippen LogP contribution in [0.25, 0.3) is 0 Å². The van der Waals surface area contributed by atoms with E-state index in [1.165, 1.54) is 6.07 Å². The maximum atomic E-state index is 13.8. The molecule has 1 aliphatic rings. The molecule has 0 bridgehead atoms. The molecule has 142 valence electrons. The number of fused-ring (bicyclic) bond motifs is 1. The van der Waals surface area contributed by atoms with Crippen LogP contribution in [-0.2, 0) is 13.1 Å². The van der Waals surface area contributed by atoms with Crippen molar-refractivity contribution in [2.75, 3.05) is 6.54 Å². The van der Waals surface area contributed by atoms with Gasteiger partial charge in [0, 0.05) is 18.7 Å². The average Bonchev–Trinajstić information content (AvgIpc) is 2.97. The molecule has 0 radical (unpaired) electrons. The first-order valence-corrected chi connectivity index (χ1v) is 8.47. The van der Waals surface area contributed by atoms with Gasteiger partial charge in [0.15, 0.2) is 5.96 Å². The number of hydrogen-bond acceptors (Lipinski definition) is 3. The second-order valence-electron chi connectivity index (χ2n) is 6.01. The molecule has 1 aliphatic heterocycles. The summed E-state index contributed by atoms with van der Waals surface area (Å²) in [6.45, 7) is 5.39. The van der Waals surface area contributed by atoms with Crippen LogP contribution >= 0.6 is 24.0 Å². The van der Waals surface area contributed by atoms with Crippen molar-refractivity contribution < 1.29 is 8.78 Å². The molecule has 9 heteroatoms. The Morgan fingerprint density at radius 2 is 2.19 bits per heavy atom. The van der Waals surface area contributed by atoms with Crippen LogP contribution in [0.4, 0.5) is 8.78 Å². The quantitative estimate of drug-likeness (QED) is 0.405. The summed E-state index contributed by atoms with van der Waals surface area (Å²) < 4.78 is 29.0. The highest BCUT2D eigenvalue weighted by Gasteiger charge is 2.24. The normalized spacial score (nSPS) is 16.6. The molecule has 0 fully saturated rings. The SMILES string of the molecule is CCNC(=NCc1cc(F)ccc1F)NC1CCCn2nc(C)nc21.I. The molecule has 2 heterocycles. The van der Waals surface area contributed by atoms with E-state index in [9.17, 15) is 8.78 Å². The molecule has 0 spiro atoms.